The van der Waals surface area contributed by atoms with E-state index in [1.807, 2.05) is 19.1 Å². The minimum Gasteiger partial charge on any atom is -0.208 e. The van der Waals surface area contributed by atoms with E-state index in [0.717, 1.165) is 11.1 Å². The third kappa shape index (κ3) is 5.06. The largest absolute Gasteiger partial charge is 0.243 e. The van der Waals surface area contributed by atoms with Crippen molar-refractivity contribution in [3.63, 3.8) is 0 Å². The van der Waals surface area contributed by atoms with Crippen LogP contribution in [0.2, 0.25) is 0 Å². The molecule has 1 aliphatic rings. The molecule has 1 fully saturated rings. The molecule has 2 aromatic carbocycles. The van der Waals surface area contributed by atoms with Crippen molar-refractivity contribution in [3.05, 3.63) is 59.7 Å². The van der Waals surface area contributed by atoms with Gasteiger partial charge in [0.05, 0.1) is 9.79 Å². The van der Waals surface area contributed by atoms with E-state index in [2.05, 4.69) is 18.6 Å². The molecule has 0 bridgehead atoms. The predicted octanol–water partition coefficient (Wildman–Crippen LogP) is 3.25. The molecule has 0 spiro atoms. The zero-order valence-electron chi connectivity index (χ0n) is 17.0. The van der Waals surface area contributed by atoms with Crippen LogP contribution in [0.5, 0.6) is 0 Å². The first-order valence-electron chi connectivity index (χ1n) is 9.79. The molecule has 0 radical (unpaired) electrons. The highest BCUT2D eigenvalue weighted by atomic mass is 32.2. The average molecular weight is 437 g/mol. The maximum atomic E-state index is 12.8. The van der Waals surface area contributed by atoms with Crippen LogP contribution in [0.25, 0.3) is 0 Å². The second kappa shape index (κ2) is 8.55. The highest BCUT2D eigenvalue weighted by molar-refractivity contribution is 7.89. The topological polar surface area (TPSA) is 83.6 Å². The monoisotopic (exact) mass is 436 g/mol. The Kier molecular flexibility index (Phi) is 6.48. The number of piperidine rings is 1. The van der Waals surface area contributed by atoms with Gasteiger partial charge in [0.25, 0.3) is 0 Å². The summed E-state index contributed by atoms with van der Waals surface area (Å²) in [6, 6.07) is 13.4. The zero-order valence-corrected chi connectivity index (χ0v) is 18.6. The number of benzene rings is 2. The lowest BCUT2D eigenvalue weighted by atomic mass is 10.0. The summed E-state index contributed by atoms with van der Waals surface area (Å²) in [6.07, 6.45) is 0.878. The molecule has 3 rings (SSSR count). The van der Waals surface area contributed by atoms with Crippen LogP contribution in [0.15, 0.2) is 58.3 Å². The van der Waals surface area contributed by atoms with Gasteiger partial charge in [-0.25, -0.2) is 21.6 Å². The van der Waals surface area contributed by atoms with Crippen molar-refractivity contribution >= 4 is 20.0 Å². The van der Waals surface area contributed by atoms with Gasteiger partial charge in [0.1, 0.15) is 0 Å². The fourth-order valence-electron chi connectivity index (χ4n) is 3.39. The van der Waals surface area contributed by atoms with Gasteiger partial charge >= 0.3 is 0 Å². The van der Waals surface area contributed by atoms with Gasteiger partial charge in [-0.2, -0.15) is 4.31 Å². The Morgan fingerprint density at radius 2 is 1.38 bits per heavy atom. The highest BCUT2D eigenvalue weighted by Crippen LogP contribution is 2.23. The first-order valence-corrected chi connectivity index (χ1v) is 12.7. The lowest BCUT2D eigenvalue weighted by Crippen LogP contribution is -2.46. The van der Waals surface area contributed by atoms with Gasteiger partial charge in [-0.1, -0.05) is 43.7 Å². The molecule has 0 aliphatic carbocycles. The second-order valence-electron chi connectivity index (χ2n) is 7.84. The van der Waals surface area contributed by atoms with Crippen molar-refractivity contribution in [2.45, 2.75) is 55.4 Å². The molecule has 2 aromatic rings. The lowest BCUT2D eigenvalue weighted by molar-refractivity contribution is 0.308. The minimum absolute atomic E-state index is 0.233. The van der Waals surface area contributed by atoms with E-state index >= 15 is 0 Å². The smallest absolute Gasteiger partial charge is 0.208 e. The standard InChI is InChI=1S/C21H28N2O4S2/c1-16(2)18-6-10-20(11-7-18)28(24,25)22-19-12-14-23(15-13-19)29(26,27)21-8-4-17(3)5-9-21/h4-11,16,19,22H,12-15H2,1-3H3. The summed E-state index contributed by atoms with van der Waals surface area (Å²) in [4.78, 5) is 0.504. The van der Waals surface area contributed by atoms with Gasteiger partial charge in [0.2, 0.25) is 20.0 Å². The number of nitrogens with one attached hydrogen (secondary N) is 1. The average Bonchev–Trinajstić information content (AvgIpc) is 2.68. The van der Waals surface area contributed by atoms with Gasteiger partial charge < -0.3 is 0 Å². The molecule has 29 heavy (non-hydrogen) atoms. The van der Waals surface area contributed by atoms with E-state index in [0.29, 0.717) is 18.8 Å². The first-order chi connectivity index (χ1) is 13.6. The summed E-state index contributed by atoms with van der Waals surface area (Å²) in [5, 5.41) is 0. The van der Waals surface area contributed by atoms with E-state index in [1.54, 1.807) is 36.4 Å². The Labute approximate surface area is 174 Å². The molecular weight excluding hydrogens is 408 g/mol. The van der Waals surface area contributed by atoms with Crippen LogP contribution >= 0.6 is 0 Å². The maximum absolute atomic E-state index is 12.8. The van der Waals surface area contributed by atoms with E-state index in [4.69, 9.17) is 0 Å². The normalized spacial score (nSPS) is 17.0. The van der Waals surface area contributed by atoms with Crippen molar-refractivity contribution in [2.75, 3.05) is 13.1 Å². The Hall–Kier alpha value is -1.74. The number of rotatable bonds is 6. The predicted molar refractivity (Wildman–Crippen MR) is 114 cm³/mol. The van der Waals surface area contributed by atoms with Crippen LogP contribution in [0.3, 0.4) is 0 Å². The molecule has 8 heteroatoms. The van der Waals surface area contributed by atoms with E-state index in [9.17, 15) is 16.8 Å². The third-order valence-corrected chi connectivity index (χ3v) is 8.74. The lowest BCUT2D eigenvalue weighted by Gasteiger charge is -2.31. The van der Waals surface area contributed by atoms with Crippen LogP contribution in [0, 0.1) is 6.92 Å². The summed E-state index contributed by atoms with van der Waals surface area (Å²) in [6.45, 7) is 6.59. The number of sulfonamides is 2. The molecule has 158 valence electrons. The summed E-state index contributed by atoms with van der Waals surface area (Å²) < 4.78 is 55.1. The van der Waals surface area contributed by atoms with E-state index in [1.165, 1.54) is 4.31 Å². The number of hydrogen-bond donors (Lipinski definition) is 1. The third-order valence-electron chi connectivity index (χ3n) is 5.29. The van der Waals surface area contributed by atoms with Gasteiger partial charge in [0.15, 0.2) is 0 Å². The highest BCUT2D eigenvalue weighted by Gasteiger charge is 2.31. The quantitative estimate of drug-likeness (QED) is 0.753. The fraction of sp³-hybridized carbons (Fsp3) is 0.429. The number of nitrogens with zero attached hydrogens (tertiary/aromatic N) is 1. The minimum atomic E-state index is -3.63. The summed E-state index contributed by atoms with van der Waals surface area (Å²) in [5.74, 6) is 0.333. The Bertz CT molecular complexity index is 1040. The summed E-state index contributed by atoms with van der Waals surface area (Å²) in [7, 11) is -7.19. The van der Waals surface area contributed by atoms with Gasteiger partial charge in [-0.15, -0.1) is 0 Å². The van der Waals surface area contributed by atoms with Crippen LogP contribution in [0.1, 0.15) is 43.7 Å². The van der Waals surface area contributed by atoms with Crippen LogP contribution in [-0.2, 0) is 20.0 Å². The van der Waals surface area contributed by atoms with Crippen LogP contribution in [0.4, 0.5) is 0 Å². The Morgan fingerprint density at radius 1 is 0.862 bits per heavy atom. The molecule has 1 N–H and O–H groups in total. The van der Waals surface area contributed by atoms with Gasteiger partial charge in [0, 0.05) is 19.1 Å². The second-order valence-corrected chi connectivity index (χ2v) is 11.5. The van der Waals surface area contributed by atoms with Crippen LogP contribution < -0.4 is 4.72 Å². The number of hydrogen-bond acceptors (Lipinski definition) is 4. The Balaban J connectivity index is 1.64. The molecule has 0 saturated carbocycles. The molecule has 1 heterocycles. The molecular formula is C21H28N2O4S2. The van der Waals surface area contributed by atoms with E-state index in [-0.39, 0.29) is 28.9 Å². The summed E-state index contributed by atoms with van der Waals surface area (Å²) >= 11 is 0. The first kappa shape index (κ1) is 22.0. The Morgan fingerprint density at radius 3 is 1.90 bits per heavy atom. The van der Waals surface area contributed by atoms with Crippen molar-refractivity contribution in [3.8, 4) is 0 Å². The molecule has 0 atom stereocenters. The van der Waals surface area contributed by atoms with Crippen molar-refractivity contribution in [1.29, 1.82) is 0 Å². The van der Waals surface area contributed by atoms with E-state index < -0.39 is 20.0 Å². The molecule has 1 aliphatic heterocycles. The van der Waals surface area contributed by atoms with Crippen molar-refractivity contribution < 1.29 is 16.8 Å². The van der Waals surface area contributed by atoms with Gasteiger partial charge in [-0.3, -0.25) is 0 Å². The molecule has 6 nitrogen and oxygen atoms in total. The SMILES string of the molecule is Cc1ccc(S(=O)(=O)N2CCC(NS(=O)(=O)c3ccc(C(C)C)cc3)CC2)cc1. The zero-order chi connectivity index (χ0) is 21.2. The maximum Gasteiger partial charge on any atom is 0.243 e. The molecule has 0 amide bonds. The number of aryl methyl sites for hydroxylation is 1. The fourth-order valence-corrected chi connectivity index (χ4v) is 6.17. The summed E-state index contributed by atoms with van der Waals surface area (Å²) in [5.41, 5.74) is 2.08. The molecule has 0 aromatic heterocycles. The van der Waals surface area contributed by atoms with Crippen molar-refractivity contribution in [1.82, 2.24) is 9.03 Å². The van der Waals surface area contributed by atoms with Crippen molar-refractivity contribution in [2.24, 2.45) is 0 Å². The van der Waals surface area contributed by atoms with Gasteiger partial charge in [-0.05, 0) is 55.5 Å². The van der Waals surface area contributed by atoms with Crippen LogP contribution in [-0.4, -0.2) is 40.3 Å². The molecule has 0 unspecified atom stereocenters. The molecule has 1 saturated heterocycles.